The lowest BCUT2D eigenvalue weighted by Gasteiger charge is -2.35. The van der Waals surface area contributed by atoms with Gasteiger partial charge in [0.1, 0.15) is 10.8 Å². The number of aryl methyl sites for hydroxylation is 2. The summed E-state index contributed by atoms with van der Waals surface area (Å²) in [5.74, 6) is -0.445. The standard InChI is InChI=1S/C26H28FN3O2S/c1-3-20-16-21(25(32)19-8-6-7-18(2)15-19)26(33-20)28-24(31)17-29-11-13-30(14-12-29)23-10-5-4-9-22(23)27/h4-10,15-16H,3,11-14,17H2,1-2H3,(H,28,31). The van der Waals surface area contributed by atoms with Gasteiger partial charge in [0, 0.05) is 36.6 Å². The van der Waals surface area contributed by atoms with E-state index in [9.17, 15) is 14.0 Å². The van der Waals surface area contributed by atoms with Gasteiger partial charge in [-0.25, -0.2) is 4.39 Å². The van der Waals surface area contributed by atoms with Crippen LogP contribution in [0.3, 0.4) is 0 Å². The summed E-state index contributed by atoms with van der Waals surface area (Å²) in [7, 11) is 0. The highest BCUT2D eigenvalue weighted by atomic mass is 32.1. The number of anilines is 2. The molecule has 2 heterocycles. The molecule has 0 saturated carbocycles. The van der Waals surface area contributed by atoms with Crippen LogP contribution < -0.4 is 10.2 Å². The van der Waals surface area contributed by atoms with E-state index in [1.54, 1.807) is 18.2 Å². The molecule has 7 heteroatoms. The Morgan fingerprint density at radius 1 is 1.03 bits per heavy atom. The SMILES string of the molecule is CCc1cc(C(=O)c2cccc(C)c2)c(NC(=O)CN2CCN(c3ccccc3F)CC2)s1. The first-order valence-electron chi connectivity index (χ1n) is 11.2. The average molecular weight is 466 g/mol. The van der Waals surface area contributed by atoms with Crippen LogP contribution in [0.15, 0.2) is 54.6 Å². The fourth-order valence-electron chi connectivity index (χ4n) is 4.04. The lowest BCUT2D eigenvalue weighted by molar-refractivity contribution is -0.117. The van der Waals surface area contributed by atoms with Crippen molar-refractivity contribution in [3.8, 4) is 0 Å². The Morgan fingerprint density at radius 2 is 1.79 bits per heavy atom. The van der Waals surface area contributed by atoms with Gasteiger partial charge in [0.2, 0.25) is 5.91 Å². The van der Waals surface area contributed by atoms with E-state index in [2.05, 4.69) is 10.2 Å². The Balaban J connectivity index is 1.39. The Kier molecular flexibility index (Phi) is 7.20. The van der Waals surface area contributed by atoms with Gasteiger partial charge in [0.25, 0.3) is 0 Å². The normalized spacial score (nSPS) is 14.3. The summed E-state index contributed by atoms with van der Waals surface area (Å²) in [6.07, 6.45) is 0.798. The van der Waals surface area contributed by atoms with Gasteiger partial charge in [-0.2, -0.15) is 0 Å². The molecule has 0 atom stereocenters. The topological polar surface area (TPSA) is 52.7 Å². The van der Waals surface area contributed by atoms with Crippen molar-refractivity contribution < 1.29 is 14.0 Å². The molecule has 5 nitrogen and oxygen atoms in total. The molecule has 1 aromatic heterocycles. The van der Waals surface area contributed by atoms with Gasteiger partial charge in [-0.15, -0.1) is 11.3 Å². The van der Waals surface area contributed by atoms with Crippen molar-refractivity contribution in [2.75, 3.05) is 42.9 Å². The minimum absolute atomic E-state index is 0.0801. The largest absolute Gasteiger partial charge is 0.367 e. The van der Waals surface area contributed by atoms with Gasteiger partial charge in [-0.1, -0.05) is 42.8 Å². The monoisotopic (exact) mass is 465 g/mol. The summed E-state index contributed by atoms with van der Waals surface area (Å²) < 4.78 is 14.1. The van der Waals surface area contributed by atoms with E-state index in [0.29, 0.717) is 48.0 Å². The second kappa shape index (κ2) is 10.3. The van der Waals surface area contributed by atoms with E-state index in [1.807, 2.05) is 49.1 Å². The predicted octanol–water partition coefficient (Wildman–Crippen LogP) is 4.75. The zero-order valence-corrected chi connectivity index (χ0v) is 19.8. The highest BCUT2D eigenvalue weighted by Gasteiger charge is 2.23. The molecular weight excluding hydrogens is 437 g/mol. The number of halogens is 1. The van der Waals surface area contributed by atoms with Gasteiger partial charge in [0.15, 0.2) is 5.78 Å². The van der Waals surface area contributed by atoms with E-state index in [4.69, 9.17) is 0 Å². The average Bonchev–Trinajstić information content (AvgIpc) is 3.22. The molecule has 172 valence electrons. The number of benzene rings is 2. The smallest absolute Gasteiger partial charge is 0.239 e. The first-order valence-corrected chi connectivity index (χ1v) is 12.0. The molecule has 0 bridgehead atoms. The number of ketones is 1. The van der Waals surface area contributed by atoms with Crippen LogP contribution >= 0.6 is 11.3 Å². The summed E-state index contributed by atoms with van der Waals surface area (Å²) in [5, 5.41) is 3.58. The summed E-state index contributed by atoms with van der Waals surface area (Å²) in [5.41, 5.74) is 2.79. The minimum atomic E-state index is -0.223. The number of piperazine rings is 1. The molecule has 3 aromatic rings. The maximum Gasteiger partial charge on any atom is 0.239 e. The number of nitrogens with zero attached hydrogens (tertiary/aromatic N) is 2. The fraction of sp³-hybridized carbons (Fsp3) is 0.308. The lowest BCUT2D eigenvalue weighted by atomic mass is 10.0. The number of nitrogens with one attached hydrogen (secondary N) is 1. The lowest BCUT2D eigenvalue weighted by Crippen LogP contribution is -2.48. The Hall–Kier alpha value is -3.03. The molecule has 0 radical (unpaired) electrons. The number of thiophene rings is 1. The van der Waals surface area contributed by atoms with E-state index in [-0.39, 0.29) is 24.1 Å². The first-order chi connectivity index (χ1) is 15.9. The van der Waals surface area contributed by atoms with Gasteiger partial charge < -0.3 is 10.2 Å². The van der Waals surface area contributed by atoms with Gasteiger partial charge in [-0.3, -0.25) is 14.5 Å². The zero-order chi connectivity index (χ0) is 23.4. The van der Waals surface area contributed by atoms with E-state index >= 15 is 0 Å². The highest BCUT2D eigenvalue weighted by molar-refractivity contribution is 7.16. The molecule has 33 heavy (non-hydrogen) atoms. The molecule has 4 rings (SSSR count). The third-order valence-corrected chi connectivity index (χ3v) is 7.04. The van der Waals surface area contributed by atoms with Crippen molar-refractivity contribution in [2.45, 2.75) is 20.3 Å². The summed E-state index contributed by atoms with van der Waals surface area (Å²) in [4.78, 5) is 31.1. The summed E-state index contributed by atoms with van der Waals surface area (Å²) in [6.45, 7) is 6.88. The van der Waals surface area contributed by atoms with Crippen molar-refractivity contribution in [3.63, 3.8) is 0 Å². The second-order valence-corrected chi connectivity index (χ2v) is 9.41. The van der Waals surface area contributed by atoms with Gasteiger partial charge in [-0.05, 0) is 37.6 Å². The molecule has 0 unspecified atom stereocenters. The highest BCUT2D eigenvalue weighted by Crippen LogP contribution is 2.31. The molecule has 1 amide bonds. The number of hydrogen-bond acceptors (Lipinski definition) is 5. The van der Waals surface area contributed by atoms with Gasteiger partial charge in [0.05, 0.1) is 17.8 Å². The van der Waals surface area contributed by atoms with E-state index < -0.39 is 0 Å². The van der Waals surface area contributed by atoms with Crippen molar-refractivity contribution in [2.24, 2.45) is 0 Å². The molecule has 1 saturated heterocycles. The number of rotatable bonds is 7. The maximum atomic E-state index is 14.1. The van der Waals surface area contributed by atoms with Crippen LogP contribution in [0.2, 0.25) is 0 Å². The zero-order valence-electron chi connectivity index (χ0n) is 18.9. The molecule has 1 aliphatic heterocycles. The molecular formula is C26H28FN3O2S. The van der Waals surface area contributed by atoms with Gasteiger partial charge >= 0.3 is 0 Å². The van der Waals surface area contributed by atoms with Crippen LogP contribution in [0.5, 0.6) is 0 Å². The number of para-hydroxylation sites is 1. The third-order valence-electron chi connectivity index (χ3n) is 5.84. The minimum Gasteiger partial charge on any atom is -0.367 e. The Bertz CT molecular complexity index is 1150. The van der Waals surface area contributed by atoms with Crippen LogP contribution in [0.4, 0.5) is 15.1 Å². The molecule has 1 N–H and O–H groups in total. The van der Waals surface area contributed by atoms with Crippen LogP contribution in [-0.2, 0) is 11.2 Å². The number of hydrogen-bond donors (Lipinski definition) is 1. The van der Waals surface area contributed by atoms with E-state index in [1.165, 1.54) is 17.4 Å². The molecule has 1 aliphatic rings. The van der Waals surface area contributed by atoms with Crippen molar-refractivity contribution in [1.82, 2.24) is 4.90 Å². The molecule has 0 spiro atoms. The third kappa shape index (κ3) is 5.49. The van der Waals surface area contributed by atoms with Crippen LogP contribution in [0.1, 0.15) is 33.3 Å². The number of amides is 1. The van der Waals surface area contributed by atoms with Crippen molar-refractivity contribution in [1.29, 1.82) is 0 Å². The second-order valence-electron chi connectivity index (χ2n) is 8.27. The quantitative estimate of drug-likeness (QED) is 0.512. The Labute approximate surface area is 197 Å². The van der Waals surface area contributed by atoms with Crippen molar-refractivity contribution >= 4 is 33.7 Å². The number of carbonyl (C=O) groups is 2. The van der Waals surface area contributed by atoms with Crippen LogP contribution in [0.25, 0.3) is 0 Å². The summed E-state index contributed by atoms with van der Waals surface area (Å²) >= 11 is 1.46. The van der Waals surface area contributed by atoms with Crippen LogP contribution in [0, 0.1) is 12.7 Å². The number of carbonyl (C=O) groups excluding carboxylic acids is 2. The summed E-state index contributed by atoms with van der Waals surface area (Å²) in [6, 6.07) is 16.2. The van der Waals surface area contributed by atoms with Crippen LogP contribution in [-0.4, -0.2) is 49.3 Å². The van der Waals surface area contributed by atoms with Crippen molar-refractivity contribution in [3.05, 3.63) is 82.0 Å². The maximum absolute atomic E-state index is 14.1. The first kappa shape index (κ1) is 23.1. The predicted molar refractivity (Wildman–Crippen MR) is 132 cm³/mol. The molecule has 0 aliphatic carbocycles. The Morgan fingerprint density at radius 3 is 2.48 bits per heavy atom. The fourth-order valence-corrected chi connectivity index (χ4v) is 5.05. The molecule has 1 fully saturated rings. The van der Waals surface area contributed by atoms with E-state index in [0.717, 1.165) is 16.9 Å². The molecule has 2 aromatic carbocycles.